The van der Waals surface area contributed by atoms with Crippen molar-refractivity contribution in [3.05, 3.63) is 35.8 Å². The summed E-state index contributed by atoms with van der Waals surface area (Å²) in [6.45, 7) is 1.52. The highest BCUT2D eigenvalue weighted by Gasteiger charge is 2.24. The maximum absolute atomic E-state index is 9.79. The number of imidazole rings is 1. The smallest absolute Gasteiger partial charge is 0.137 e. The molecule has 2 aromatic heterocycles. The fraction of sp³-hybridized carbons (Fsp3) is 0.467. The lowest BCUT2D eigenvalue weighted by molar-refractivity contribution is 0.131. The minimum absolute atomic E-state index is 0.158. The highest BCUT2D eigenvalue weighted by molar-refractivity contribution is 5.44. The van der Waals surface area contributed by atoms with Crippen LogP contribution in [0.25, 0.3) is 5.65 Å². The first-order valence-electron chi connectivity index (χ1n) is 7.03. The number of fused-ring (bicyclic) bond motifs is 1. The van der Waals surface area contributed by atoms with Gasteiger partial charge in [0, 0.05) is 19.3 Å². The number of aromatic nitrogens is 2. The summed E-state index contributed by atoms with van der Waals surface area (Å²) in [5.74, 6) is 0.365. The van der Waals surface area contributed by atoms with Crippen LogP contribution in [0, 0.1) is 17.2 Å². The van der Waals surface area contributed by atoms with E-state index in [1.807, 2.05) is 22.9 Å². The van der Waals surface area contributed by atoms with Gasteiger partial charge in [0.15, 0.2) is 0 Å². The number of hydrogen-bond donors (Lipinski definition) is 2. The van der Waals surface area contributed by atoms with E-state index >= 15 is 0 Å². The van der Waals surface area contributed by atoms with Crippen LogP contribution in [0.3, 0.4) is 0 Å². The Morgan fingerprint density at radius 2 is 2.35 bits per heavy atom. The molecule has 0 aromatic carbocycles. The van der Waals surface area contributed by atoms with Gasteiger partial charge in [-0.15, -0.1) is 0 Å². The first kappa shape index (κ1) is 13.1. The van der Waals surface area contributed by atoms with Crippen LogP contribution in [0.5, 0.6) is 0 Å². The van der Waals surface area contributed by atoms with Crippen LogP contribution in [0.4, 0.5) is 0 Å². The molecule has 5 heteroatoms. The summed E-state index contributed by atoms with van der Waals surface area (Å²) in [7, 11) is 0. The van der Waals surface area contributed by atoms with Gasteiger partial charge in [0.2, 0.25) is 0 Å². The van der Waals surface area contributed by atoms with Gasteiger partial charge in [-0.1, -0.05) is 6.42 Å². The van der Waals surface area contributed by atoms with Crippen LogP contribution in [0.2, 0.25) is 0 Å². The summed E-state index contributed by atoms with van der Waals surface area (Å²) in [6, 6.07) is 5.76. The third-order valence-corrected chi connectivity index (χ3v) is 4.04. The number of nitrogens with zero attached hydrogens (tertiary/aromatic N) is 3. The summed E-state index contributed by atoms with van der Waals surface area (Å²) >= 11 is 0. The van der Waals surface area contributed by atoms with Gasteiger partial charge in [0.05, 0.1) is 23.6 Å². The summed E-state index contributed by atoms with van der Waals surface area (Å²) in [4.78, 5) is 4.32. The molecule has 2 atom stereocenters. The molecule has 104 valence electrons. The lowest BCUT2D eigenvalue weighted by Gasteiger charge is -2.14. The van der Waals surface area contributed by atoms with Crippen molar-refractivity contribution >= 4 is 5.65 Å². The zero-order valence-electron chi connectivity index (χ0n) is 11.3. The van der Waals surface area contributed by atoms with Gasteiger partial charge in [-0.2, -0.15) is 5.26 Å². The van der Waals surface area contributed by atoms with Crippen molar-refractivity contribution < 1.29 is 5.11 Å². The molecule has 5 nitrogen and oxygen atoms in total. The number of hydrogen-bond acceptors (Lipinski definition) is 4. The van der Waals surface area contributed by atoms with E-state index in [0.29, 0.717) is 18.0 Å². The summed E-state index contributed by atoms with van der Waals surface area (Å²) in [5.41, 5.74) is 2.51. The highest BCUT2D eigenvalue weighted by atomic mass is 16.3. The van der Waals surface area contributed by atoms with Crippen molar-refractivity contribution in [3.8, 4) is 6.07 Å². The molecule has 0 saturated heterocycles. The molecule has 1 aliphatic rings. The molecule has 0 radical (unpaired) electrons. The molecule has 0 spiro atoms. The minimum atomic E-state index is -0.158. The van der Waals surface area contributed by atoms with Gasteiger partial charge < -0.3 is 14.8 Å². The SMILES string of the molecule is N#Cc1ccc2ncc(CNCC3CCCC3O)n2c1. The molecule has 1 fully saturated rings. The number of nitrogens with one attached hydrogen (secondary N) is 1. The van der Waals surface area contributed by atoms with E-state index in [1.165, 1.54) is 0 Å². The molecule has 1 aliphatic carbocycles. The number of aliphatic hydroxyl groups is 1. The normalized spacial score (nSPS) is 22.2. The van der Waals surface area contributed by atoms with Gasteiger partial charge in [-0.05, 0) is 30.9 Å². The van der Waals surface area contributed by atoms with Crippen molar-refractivity contribution in [1.29, 1.82) is 5.26 Å². The number of pyridine rings is 1. The predicted molar refractivity (Wildman–Crippen MR) is 75.0 cm³/mol. The van der Waals surface area contributed by atoms with E-state index in [9.17, 15) is 5.11 Å². The fourth-order valence-corrected chi connectivity index (χ4v) is 2.87. The third-order valence-electron chi connectivity index (χ3n) is 4.04. The Morgan fingerprint density at radius 3 is 3.10 bits per heavy atom. The predicted octanol–water partition coefficient (Wildman–Crippen LogP) is 1.46. The first-order chi connectivity index (χ1) is 9.78. The Morgan fingerprint density at radius 1 is 1.45 bits per heavy atom. The molecular formula is C15H18N4O. The average Bonchev–Trinajstić information content (AvgIpc) is 3.06. The summed E-state index contributed by atoms with van der Waals surface area (Å²) < 4.78 is 1.94. The van der Waals surface area contributed by atoms with Gasteiger partial charge in [0.25, 0.3) is 0 Å². The summed E-state index contributed by atoms with van der Waals surface area (Å²) in [6.07, 6.45) is 6.62. The summed E-state index contributed by atoms with van der Waals surface area (Å²) in [5, 5.41) is 22.1. The van der Waals surface area contributed by atoms with E-state index in [4.69, 9.17) is 5.26 Å². The molecule has 2 heterocycles. The van der Waals surface area contributed by atoms with Crippen LogP contribution >= 0.6 is 0 Å². The molecule has 0 bridgehead atoms. The Bertz CT molecular complexity index is 643. The number of nitriles is 1. The molecule has 2 aromatic rings. The zero-order valence-corrected chi connectivity index (χ0v) is 11.3. The topological polar surface area (TPSA) is 73.3 Å². The monoisotopic (exact) mass is 270 g/mol. The van der Waals surface area contributed by atoms with Gasteiger partial charge in [-0.25, -0.2) is 4.98 Å². The van der Waals surface area contributed by atoms with Crippen LogP contribution < -0.4 is 5.32 Å². The first-order valence-corrected chi connectivity index (χ1v) is 7.03. The molecule has 2 N–H and O–H groups in total. The maximum atomic E-state index is 9.79. The van der Waals surface area contributed by atoms with Gasteiger partial charge in [0.1, 0.15) is 11.7 Å². The highest BCUT2D eigenvalue weighted by Crippen LogP contribution is 2.24. The Kier molecular flexibility index (Phi) is 3.68. The van der Waals surface area contributed by atoms with Crippen LogP contribution in [-0.2, 0) is 6.54 Å². The number of aliphatic hydroxyl groups excluding tert-OH is 1. The van der Waals surface area contributed by atoms with Crippen LogP contribution in [-0.4, -0.2) is 27.1 Å². The molecule has 0 amide bonds. The molecule has 3 rings (SSSR count). The third kappa shape index (κ3) is 2.53. The van der Waals surface area contributed by atoms with Crippen LogP contribution in [0.1, 0.15) is 30.5 Å². The second-order valence-corrected chi connectivity index (χ2v) is 5.40. The van der Waals surface area contributed by atoms with E-state index in [0.717, 1.165) is 37.1 Å². The molecular weight excluding hydrogens is 252 g/mol. The van der Waals surface area contributed by atoms with Crippen molar-refractivity contribution in [2.75, 3.05) is 6.54 Å². The van der Waals surface area contributed by atoms with E-state index in [2.05, 4.69) is 16.4 Å². The van der Waals surface area contributed by atoms with E-state index in [1.54, 1.807) is 6.07 Å². The molecule has 20 heavy (non-hydrogen) atoms. The Balaban J connectivity index is 1.67. The van der Waals surface area contributed by atoms with Gasteiger partial charge >= 0.3 is 0 Å². The van der Waals surface area contributed by atoms with Crippen molar-refractivity contribution in [2.24, 2.45) is 5.92 Å². The standard InChI is InChI=1S/C15H18N4O/c16-6-11-4-5-15-18-9-13(19(15)10-11)8-17-7-12-2-1-3-14(12)20/h4-5,9-10,12,14,17,20H,1-3,7-8H2. The van der Waals surface area contributed by atoms with Crippen molar-refractivity contribution in [3.63, 3.8) is 0 Å². The second kappa shape index (κ2) is 5.61. The Hall–Kier alpha value is -1.90. The fourth-order valence-electron chi connectivity index (χ4n) is 2.87. The molecule has 0 aliphatic heterocycles. The molecule has 2 unspecified atom stereocenters. The second-order valence-electron chi connectivity index (χ2n) is 5.40. The van der Waals surface area contributed by atoms with Crippen molar-refractivity contribution in [2.45, 2.75) is 31.9 Å². The zero-order chi connectivity index (χ0) is 13.9. The van der Waals surface area contributed by atoms with E-state index in [-0.39, 0.29) is 6.10 Å². The quantitative estimate of drug-likeness (QED) is 0.882. The average molecular weight is 270 g/mol. The van der Waals surface area contributed by atoms with Gasteiger partial charge in [-0.3, -0.25) is 0 Å². The maximum Gasteiger partial charge on any atom is 0.137 e. The molecule has 1 saturated carbocycles. The lowest BCUT2D eigenvalue weighted by atomic mass is 10.1. The Labute approximate surface area is 117 Å². The largest absolute Gasteiger partial charge is 0.393 e. The van der Waals surface area contributed by atoms with Crippen LogP contribution in [0.15, 0.2) is 24.5 Å². The van der Waals surface area contributed by atoms with E-state index < -0.39 is 0 Å². The van der Waals surface area contributed by atoms with Crippen molar-refractivity contribution in [1.82, 2.24) is 14.7 Å². The minimum Gasteiger partial charge on any atom is -0.393 e. The lowest BCUT2D eigenvalue weighted by Crippen LogP contribution is -2.27. The number of rotatable bonds is 4.